The van der Waals surface area contributed by atoms with Crippen molar-refractivity contribution in [2.24, 2.45) is 0 Å². The molecule has 2 aromatic rings. The number of hydrogen-bond acceptors (Lipinski definition) is 6. The van der Waals surface area contributed by atoms with Gasteiger partial charge in [-0.15, -0.1) is 0 Å². The molecule has 0 saturated heterocycles. The van der Waals surface area contributed by atoms with E-state index in [1.807, 2.05) is 0 Å². The Labute approximate surface area is 151 Å². The van der Waals surface area contributed by atoms with Crippen molar-refractivity contribution >= 4 is 17.7 Å². The van der Waals surface area contributed by atoms with Crippen molar-refractivity contribution in [3.8, 4) is 11.5 Å². The molecular weight excluding hydrogens is 336 g/mol. The number of methoxy groups -OCH3 is 1. The highest BCUT2D eigenvalue weighted by molar-refractivity contribution is 6.05. The summed E-state index contributed by atoms with van der Waals surface area (Å²) in [5, 5.41) is 2.76. The Bertz CT molecular complexity index is 807. The summed E-state index contributed by atoms with van der Waals surface area (Å²) in [6, 6.07) is 8.60. The first-order chi connectivity index (χ1) is 12.6. The first-order valence-electron chi connectivity index (χ1n) is 8.35. The van der Waals surface area contributed by atoms with Gasteiger partial charge in [-0.1, -0.05) is 6.07 Å². The van der Waals surface area contributed by atoms with Gasteiger partial charge in [0.2, 0.25) is 0 Å². The van der Waals surface area contributed by atoms with E-state index in [4.69, 9.17) is 14.2 Å². The lowest BCUT2D eigenvalue weighted by atomic mass is 9.92. The van der Waals surface area contributed by atoms with Gasteiger partial charge in [0.15, 0.2) is 11.5 Å². The number of carbonyl (C=O) groups is 2. The van der Waals surface area contributed by atoms with Gasteiger partial charge in [-0.25, -0.2) is 4.98 Å². The molecule has 136 valence electrons. The maximum Gasteiger partial charge on any atom is 0.306 e. The predicted octanol–water partition coefficient (Wildman–Crippen LogP) is 2.77. The van der Waals surface area contributed by atoms with Crippen molar-refractivity contribution in [2.75, 3.05) is 25.6 Å². The Balaban J connectivity index is 1.92. The van der Waals surface area contributed by atoms with Gasteiger partial charge in [0.05, 0.1) is 26.7 Å². The molecule has 1 aliphatic rings. The Morgan fingerprint density at radius 2 is 2.15 bits per heavy atom. The van der Waals surface area contributed by atoms with Crippen LogP contribution in [-0.2, 0) is 9.53 Å². The molecule has 3 rings (SSSR count). The average molecular weight is 356 g/mol. The van der Waals surface area contributed by atoms with Crippen LogP contribution in [0.2, 0.25) is 0 Å². The zero-order valence-corrected chi connectivity index (χ0v) is 14.7. The number of pyridine rings is 1. The molecular formula is C19H20N2O5. The lowest BCUT2D eigenvalue weighted by Gasteiger charge is -2.14. The smallest absolute Gasteiger partial charge is 0.306 e. The van der Waals surface area contributed by atoms with Gasteiger partial charge in [0, 0.05) is 23.2 Å². The fourth-order valence-electron chi connectivity index (χ4n) is 2.96. The minimum atomic E-state index is -0.326. The van der Waals surface area contributed by atoms with E-state index in [0.717, 1.165) is 0 Å². The standard InChI is InChI=1S/C19H20N2O5/c1-3-25-16(22)10-12-11-26-18-14(24-2)8-7-13(17(12)18)19(23)21-15-6-4-5-9-20-15/h4-9,12H,3,10-11H2,1-2H3,(H,20,21,23). The van der Waals surface area contributed by atoms with Crippen LogP contribution < -0.4 is 14.8 Å². The molecule has 1 aromatic heterocycles. The highest BCUT2D eigenvalue weighted by Gasteiger charge is 2.34. The Kier molecular flexibility index (Phi) is 5.36. The summed E-state index contributed by atoms with van der Waals surface area (Å²) in [6.07, 6.45) is 1.73. The number of aromatic nitrogens is 1. The van der Waals surface area contributed by atoms with E-state index in [-0.39, 0.29) is 24.2 Å². The summed E-state index contributed by atoms with van der Waals surface area (Å²) >= 11 is 0. The molecule has 1 N–H and O–H groups in total. The quantitative estimate of drug-likeness (QED) is 0.801. The van der Waals surface area contributed by atoms with Crippen LogP contribution in [0.4, 0.5) is 5.82 Å². The van der Waals surface area contributed by atoms with Crippen LogP contribution in [0.5, 0.6) is 11.5 Å². The number of ether oxygens (including phenoxy) is 3. The molecule has 26 heavy (non-hydrogen) atoms. The number of benzene rings is 1. The summed E-state index contributed by atoms with van der Waals surface area (Å²) < 4.78 is 16.1. The fraction of sp³-hybridized carbons (Fsp3) is 0.316. The second kappa shape index (κ2) is 7.86. The van der Waals surface area contributed by atoms with Crippen LogP contribution in [0.3, 0.4) is 0 Å². The highest BCUT2D eigenvalue weighted by atomic mass is 16.5. The molecule has 0 aliphatic carbocycles. The summed E-state index contributed by atoms with van der Waals surface area (Å²) in [6.45, 7) is 2.36. The number of nitrogens with one attached hydrogen (secondary N) is 1. The van der Waals surface area contributed by atoms with Crippen molar-refractivity contribution in [3.05, 3.63) is 47.7 Å². The van der Waals surface area contributed by atoms with Crippen LogP contribution in [0.25, 0.3) is 0 Å². The normalized spacial score (nSPS) is 14.9. The number of anilines is 1. The topological polar surface area (TPSA) is 86.8 Å². The molecule has 0 bridgehead atoms. The van der Waals surface area contributed by atoms with E-state index in [2.05, 4.69) is 10.3 Å². The van der Waals surface area contributed by atoms with Crippen LogP contribution in [-0.4, -0.2) is 37.2 Å². The third kappa shape index (κ3) is 3.61. The Hall–Kier alpha value is -3.09. The molecule has 1 unspecified atom stereocenters. The van der Waals surface area contributed by atoms with Gasteiger partial charge in [-0.05, 0) is 31.2 Å². The molecule has 0 spiro atoms. The van der Waals surface area contributed by atoms with E-state index < -0.39 is 0 Å². The van der Waals surface area contributed by atoms with Gasteiger partial charge in [-0.3, -0.25) is 9.59 Å². The van der Waals surface area contributed by atoms with Gasteiger partial charge in [0.25, 0.3) is 5.91 Å². The number of esters is 1. The van der Waals surface area contributed by atoms with Gasteiger partial charge >= 0.3 is 5.97 Å². The van der Waals surface area contributed by atoms with Crippen molar-refractivity contribution in [2.45, 2.75) is 19.3 Å². The van der Waals surface area contributed by atoms with Crippen molar-refractivity contribution < 1.29 is 23.8 Å². The van der Waals surface area contributed by atoms with Crippen molar-refractivity contribution in [1.29, 1.82) is 0 Å². The van der Waals surface area contributed by atoms with E-state index in [1.54, 1.807) is 43.5 Å². The summed E-state index contributed by atoms with van der Waals surface area (Å²) in [7, 11) is 1.53. The maximum atomic E-state index is 12.8. The molecule has 1 atom stereocenters. The maximum absolute atomic E-state index is 12.8. The average Bonchev–Trinajstić information content (AvgIpc) is 3.05. The third-order valence-corrected chi connectivity index (χ3v) is 4.09. The number of amides is 1. The molecule has 0 fully saturated rings. The minimum Gasteiger partial charge on any atom is -0.493 e. The number of rotatable bonds is 6. The van der Waals surface area contributed by atoms with E-state index in [0.29, 0.717) is 41.7 Å². The van der Waals surface area contributed by atoms with E-state index >= 15 is 0 Å². The van der Waals surface area contributed by atoms with Crippen LogP contribution in [0, 0.1) is 0 Å². The van der Waals surface area contributed by atoms with Gasteiger partial charge in [0.1, 0.15) is 5.82 Å². The zero-order chi connectivity index (χ0) is 18.5. The van der Waals surface area contributed by atoms with Gasteiger partial charge in [-0.2, -0.15) is 0 Å². The monoisotopic (exact) mass is 356 g/mol. The fourth-order valence-corrected chi connectivity index (χ4v) is 2.96. The highest BCUT2D eigenvalue weighted by Crippen LogP contribution is 2.44. The van der Waals surface area contributed by atoms with Crippen molar-refractivity contribution in [1.82, 2.24) is 4.98 Å². The molecule has 1 aromatic carbocycles. The van der Waals surface area contributed by atoms with E-state index in [9.17, 15) is 9.59 Å². The number of hydrogen-bond donors (Lipinski definition) is 1. The number of nitrogens with zero attached hydrogens (tertiary/aromatic N) is 1. The number of fused-ring (bicyclic) bond motifs is 1. The van der Waals surface area contributed by atoms with Crippen LogP contribution in [0.1, 0.15) is 35.2 Å². The number of carbonyl (C=O) groups excluding carboxylic acids is 2. The SMILES string of the molecule is CCOC(=O)CC1COc2c(OC)ccc(C(=O)Nc3ccccn3)c21. The molecule has 0 saturated carbocycles. The molecule has 7 heteroatoms. The first kappa shape index (κ1) is 17.7. The largest absolute Gasteiger partial charge is 0.493 e. The van der Waals surface area contributed by atoms with E-state index in [1.165, 1.54) is 7.11 Å². The molecule has 2 heterocycles. The molecule has 0 radical (unpaired) electrons. The molecule has 1 aliphatic heterocycles. The Morgan fingerprint density at radius 3 is 2.85 bits per heavy atom. The third-order valence-electron chi connectivity index (χ3n) is 4.09. The Morgan fingerprint density at radius 1 is 1.31 bits per heavy atom. The summed E-state index contributed by atoms with van der Waals surface area (Å²) in [5.41, 5.74) is 1.09. The lowest BCUT2D eigenvalue weighted by Crippen LogP contribution is -2.17. The second-order valence-corrected chi connectivity index (χ2v) is 5.74. The minimum absolute atomic E-state index is 0.137. The molecule has 7 nitrogen and oxygen atoms in total. The first-order valence-corrected chi connectivity index (χ1v) is 8.35. The van der Waals surface area contributed by atoms with Gasteiger partial charge < -0.3 is 19.5 Å². The summed E-state index contributed by atoms with van der Waals surface area (Å²) in [5.74, 6) is 0.553. The zero-order valence-electron chi connectivity index (χ0n) is 14.7. The molecule has 1 amide bonds. The second-order valence-electron chi connectivity index (χ2n) is 5.74. The van der Waals surface area contributed by atoms with Crippen molar-refractivity contribution in [3.63, 3.8) is 0 Å². The van der Waals surface area contributed by atoms with Crippen LogP contribution in [0.15, 0.2) is 36.5 Å². The summed E-state index contributed by atoms with van der Waals surface area (Å²) in [4.78, 5) is 28.8. The van der Waals surface area contributed by atoms with Crippen LogP contribution >= 0.6 is 0 Å². The predicted molar refractivity (Wildman–Crippen MR) is 94.7 cm³/mol. The lowest BCUT2D eigenvalue weighted by molar-refractivity contribution is -0.143.